The summed E-state index contributed by atoms with van der Waals surface area (Å²) in [6, 6.07) is 0. The smallest absolute Gasteiger partial charge is 0.248 e. The molecule has 0 aromatic carbocycles. The van der Waals surface area contributed by atoms with Crippen molar-refractivity contribution in [1.29, 1.82) is 0 Å². The van der Waals surface area contributed by atoms with Gasteiger partial charge in [0.25, 0.3) is 0 Å². The van der Waals surface area contributed by atoms with Crippen LogP contribution in [0.3, 0.4) is 0 Å². The minimum atomic E-state index is -3.69. The van der Waals surface area contributed by atoms with Crippen molar-refractivity contribution in [2.24, 2.45) is 0 Å². The first-order valence-electron chi connectivity index (χ1n) is 2.25. The van der Waals surface area contributed by atoms with Crippen LogP contribution in [0.15, 0.2) is 0 Å². The molecule has 0 atom stereocenters. The molecule has 0 fully saturated rings. The molecule has 0 spiro atoms. The fourth-order valence-corrected chi connectivity index (χ4v) is 0.201. The van der Waals surface area contributed by atoms with Gasteiger partial charge in [-0.1, -0.05) is 6.92 Å². The van der Waals surface area contributed by atoms with E-state index in [1.54, 1.807) is 0 Å². The molecule has 0 radical (unpaired) electrons. The Kier molecular flexibility index (Phi) is 2.48. The second-order valence-electron chi connectivity index (χ2n) is 1.42. The van der Waals surface area contributed by atoms with Gasteiger partial charge in [-0.25, -0.2) is 9.74 Å². The average Bonchev–Trinajstić information content (AvgIpc) is 1.86. The Balaban J connectivity index is 3.97. The lowest BCUT2D eigenvalue weighted by Crippen LogP contribution is -2.27. The van der Waals surface area contributed by atoms with E-state index >= 15 is 0 Å². The zero-order chi connectivity index (χ0) is 7.49. The predicted molar refractivity (Wildman–Crippen MR) is 22.4 cm³/mol. The van der Waals surface area contributed by atoms with E-state index in [1.807, 2.05) is 0 Å². The molecule has 54 valence electrons. The summed E-state index contributed by atoms with van der Waals surface area (Å²) in [5.74, 6) is -5.82. The van der Waals surface area contributed by atoms with Crippen molar-refractivity contribution in [3.63, 3.8) is 0 Å². The van der Waals surface area contributed by atoms with Crippen LogP contribution in [0, 0.1) is 0 Å². The standard InChI is InChI=1S/C4H5F3O2/c1-2-4(5,6)3(8)9-7/h2H2,1H3. The van der Waals surface area contributed by atoms with E-state index in [0.717, 1.165) is 6.92 Å². The number of halogens is 3. The fraction of sp³-hybridized carbons (Fsp3) is 0.750. The summed E-state index contributed by atoms with van der Waals surface area (Å²) in [5, 5.41) is 0. The van der Waals surface area contributed by atoms with Crippen LogP contribution >= 0.6 is 0 Å². The molecule has 0 aliphatic carbocycles. The number of alkyl halides is 2. The van der Waals surface area contributed by atoms with Gasteiger partial charge in [0.15, 0.2) is 0 Å². The summed E-state index contributed by atoms with van der Waals surface area (Å²) in [7, 11) is 0. The first-order chi connectivity index (χ1) is 4.04. The molecular weight excluding hydrogens is 137 g/mol. The van der Waals surface area contributed by atoms with E-state index in [-0.39, 0.29) is 0 Å². The number of hydrogen-bond acceptors (Lipinski definition) is 2. The number of hydrogen-bond donors (Lipinski definition) is 0. The maximum absolute atomic E-state index is 11.8. The van der Waals surface area contributed by atoms with Crippen LogP contribution in [0.5, 0.6) is 0 Å². The van der Waals surface area contributed by atoms with Crippen molar-refractivity contribution in [2.75, 3.05) is 0 Å². The third-order valence-electron chi connectivity index (χ3n) is 0.813. The van der Waals surface area contributed by atoms with Crippen LogP contribution in [0.4, 0.5) is 13.3 Å². The van der Waals surface area contributed by atoms with E-state index < -0.39 is 18.3 Å². The van der Waals surface area contributed by atoms with Crippen LogP contribution in [0.1, 0.15) is 13.3 Å². The Labute approximate surface area is 49.5 Å². The van der Waals surface area contributed by atoms with Crippen molar-refractivity contribution in [3.05, 3.63) is 0 Å². The first-order valence-corrected chi connectivity index (χ1v) is 2.25. The molecule has 0 aromatic heterocycles. The molecule has 0 aliphatic rings. The molecule has 0 amide bonds. The van der Waals surface area contributed by atoms with E-state index in [9.17, 15) is 18.1 Å². The highest BCUT2D eigenvalue weighted by Gasteiger charge is 2.39. The molecule has 0 aliphatic heterocycles. The van der Waals surface area contributed by atoms with Crippen LogP contribution < -0.4 is 0 Å². The maximum atomic E-state index is 11.8. The molecular formula is C4H5F3O2. The first kappa shape index (κ1) is 8.26. The Hall–Kier alpha value is -0.740. The van der Waals surface area contributed by atoms with Gasteiger partial charge in [-0.15, -0.1) is 0 Å². The molecule has 0 saturated heterocycles. The summed E-state index contributed by atoms with van der Waals surface area (Å²) in [6.45, 7) is 1.05. The molecule has 0 rings (SSSR count). The van der Waals surface area contributed by atoms with Crippen LogP contribution in [0.2, 0.25) is 0 Å². The Morgan fingerprint density at radius 3 is 2.22 bits per heavy atom. The summed E-state index contributed by atoms with van der Waals surface area (Å²) in [4.78, 5) is 12.0. The van der Waals surface area contributed by atoms with Gasteiger partial charge < -0.3 is 0 Å². The van der Waals surface area contributed by atoms with Gasteiger partial charge in [-0.05, 0) is 0 Å². The topological polar surface area (TPSA) is 26.3 Å². The average molecular weight is 142 g/mol. The SMILES string of the molecule is CCC(F)(F)C(=O)OF. The lowest BCUT2D eigenvalue weighted by Gasteiger charge is -2.05. The minimum Gasteiger partial charge on any atom is -0.248 e. The van der Waals surface area contributed by atoms with Crippen molar-refractivity contribution < 1.29 is 23.0 Å². The largest absolute Gasteiger partial charge is 0.417 e. The van der Waals surface area contributed by atoms with Gasteiger partial charge >= 0.3 is 11.9 Å². The fourth-order valence-electron chi connectivity index (χ4n) is 0.201. The van der Waals surface area contributed by atoms with Gasteiger partial charge in [0, 0.05) is 10.9 Å². The van der Waals surface area contributed by atoms with E-state index in [1.165, 1.54) is 0 Å². The van der Waals surface area contributed by atoms with Gasteiger partial charge in [0.2, 0.25) is 0 Å². The molecule has 0 saturated carbocycles. The highest BCUT2D eigenvalue weighted by atomic mass is 19.3. The second kappa shape index (κ2) is 2.70. The molecule has 0 bridgehead atoms. The predicted octanol–water partition coefficient (Wildman–Crippen LogP) is 1.46. The van der Waals surface area contributed by atoms with Crippen molar-refractivity contribution in [2.45, 2.75) is 19.3 Å². The lowest BCUT2D eigenvalue weighted by atomic mass is 10.3. The lowest BCUT2D eigenvalue weighted by molar-refractivity contribution is -0.211. The van der Waals surface area contributed by atoms with Crippen molar-refractivity contribution >= 4 is 5.97 Å². The van der Waals surface area contributed by atoms with Gasteiger partial charge in [0.05, 0.1) is 0 Å². The normalized spacial score (nSPS) is 11.1. The number of carbonyl (C=O) groups excluding carboxylic acids is 1. The second-order valence-corrected chi connectivity index (χ2v) is 1.42. The highest BCUT2D eigenvalue weighted by molar-refractivity contribution is 5.76. The minimum absolute atomic E-state index is 0.754. The molecule has 2 nitrogen and oxygen atoms in total. The molecule has 9 heavy (non-hydrogen) atoms. The van der Waals surface area contributed by atoms with E-state index in [0.29, 0.717) is 0 Å². The van der Waals surface area contributed by atoms with Gasteiger partial charge in [-0.2, -0.15) is 8.78 Å². The zero-order valence-electron chi connectivity index (χ0n) is 4.66. The van der Waals surface area contributed by atoms with Crippen LogP contribution in [0.25, 0.3) is 0 Å². The molecule has 5 heteroatoms. The summed E-state index contributed by atoms with van der Waals surface area (Å²) in [5.41, 5.74) is 0. The van der Waals surface area contributed by atoms with Crippen LogP contribution in [-0.2, 0) is 9.74 Å². The Morgan fingerprint density at radius 2 is 2.11 bits per heavy atom. The van der Waals surface area contributed by atoms with Crippen molar-refractivity contribution in [1.82, 2.24) is 0 Å². The highest BCUT2D eigenvalue weighted by Crippen LogP contribution is 2.19. The molecule has 0 heterocycles. The van der Waals surface area contributed by atoms with Gasteiger partial charge in [0.1, 0.15) is 0 Å². The maximum Gasteiger partial charge on any atom is 0.417 e. The van der Waals surface area contributed by atoms with Crippen LogP contribution in [-0.4, -0.2) is 11.9 Å². The summed E-state index contributed by atoms with van der Waals surface area (Å²) in [6.07, 6.45) is -0.754. The number of rotatable bonds is 2. The Bertz CT molecular complexity index is 112. The molecule has 0 aromatic rings. The van der Waals surface area contributed by atoms with Crippen molar-refractivity contribution in [3.8, 4) is 0 Å². The summed E-state index contributed by atoms with van der Waals surface area (Å²) >= 11 is 0. The molecule has 0 unspecified atom stereocenters. The number of carbonyl (C=O) groups is 1. The van der Waals surface area contributed by atoms with E-state index in [4.69, 9.17) is 0 Å². The molecule has 0 N–H and O–H groups in total. The van der Waals surface area contributed by atoms with Gasteiger partial charge in [-0.3, -0.25) is 0 Å². The Morgan fingerprint density at radius 1 is 1.67 bits per heavy atom. The zero-order valence-corrected chi connectivity index (χ0v) is 4.66. The third kappa shape index (κ3) is 1.91. The quantitative estimate of drug-likeness (QED) is 0.583. The van der Waals surface area contributed by atoms with E-state index in [2.05, 4.69) is 4.94 Å². The summed E-state index contributed by atoms with van der Waals surface area (Å²) < 4.78 is 34.4. The monoisotopic (exact) mass is 142 g/mol. The third-order valence-corrected chi connectivity index (χ3v) is 0.813.